The third kappa shape index (κ3) is 4.71. The Hall–Kier alpha value is -3.17. The number of hydrogen-bond acceptors (Lipinski definition) is 5. The number of aromatic nitrogens is 2. The molecule has 2 N–H and O–H groups in total. The Labute approximate surface area is 198 Å². The van der Waals surface area contributed by atoms with Crippen LogP contribution in [0, 0.1) is 11.8 Å². The molecule has 0 saturated heterocycles. The highest BCUT2D eigenvalue weighted by Gasteiger charge is 2.28. The predicted molar refractivity (Wildman–Crippen MR) is 131 cm³/mol. The molecule has 2 aromatic carbocycles. The van der Waals surface area contributed by atoms with E-state index in [1.54, 1.807) is 19.9 Å². The molecule has 2 heterocycles. The van der Waals surface area contributed by atoms with Gasteiger partial charge in [-0.3, -0.25) is 9.48 Å². The molecule has 0 bridgehead atoms. The largest absolute Gasteiger partial charge is 0.480 e. The fraction of sp³-hybridized carbons (Fsp3) is 0.360. The molecule has 4 aromatic rings. The van der Waals surface area contributed by atoms with Crippen LogP contribution in [-0.4, -0.2) is 35.3 Å². The van der Waals surface area contributed by atoms with Gasteiger partial charge in [-0.1, -0.05) is 40.2 Å². The summed E-state index contributed by atoms with van der Waals surface area (Å²) in [7, 11) is -4.04. The quantitative estimate of drug-likeness (QED) is 0.351. The number of fused-ring (bicyclic) bond motifs is 3. The van der Waals surface area contributed by atoms with Gasteiger partial charge in [-0.25, -0.2) is 8.42 Å². The van der Waals surface area contributed by atoms with Crippen molar-refractivity contribution in [2.45, 2.75) is 51.6 Å². The smallest absolute Gasteiger partial charge is 0.322 e. The zero-order chi connectivity index (χ0) is 24.6. The maximum absolute atomic E-state index is 12.8. The van der Waals surface area contributed by atoms with Gasteiger partial charge in [0.2, 0.25) is 10.0 Å². The molecule has 0 fully saturated rings. The van der Waals surface area contributed by atoms with E-state index < -0.39 is 28.0 Å². The zero-order valence-corrected chi connectivity index (χ0v) is 20.5. The Balaban J connectivity index is 1.68. The zero-order valence-electron chi connectivity index (χ0n) is 19.6. The van der Waals surface area contributed by atoms with Crippen molar-refractivity contribution >= 4 is 37.9 Å². The van der Waals surface area contributed by atoms with Crippen molar-refractivity contribution in [3.8, 4) is 11.1 Å². The second-order valence-electron chi connectivity index (χ2n) is 9.12. The maximum Gasteiger partial charge on any atom is 0.322 e. The Kier molecular flexibility index (Phi) is 6.51. The second kappa shape index (κ2) is 9.23. The maximum atomic E-state index is 12.8. The van der Waals surface area contributed by atoms with Gasteiger partial charge in [-0.2, -0.15) is 9.82 Å². The Morgan fingerprint density at radius 2 is 1.85 bits per heavy atom. The number of nitrogens with one attached hydrogen (secondary N) is 1. The molecule has 0 aliphatic rings. The van der Waals surface area contributed by atoms with Crippen molar-refractivity contribution in [1.82, 2.24) is 14.5 Å². The summed E-state index contributed by atoms with van der Waals surface area (Å²) in [5, 5.41) is 15.5. The molecule has 180 valence electrons. The summed E-state index contributed by atoms with van der Waals surface area (Å²) in [4.78, 5) is 11.4. The van der Waals surface area contributed by atoms with Crippen molar-refractivity contribution in [3.05, 3.63) is 48.8 Å². The summed E-state index contributed by atoms with van der Waals surface area (Å²) in [5.41, 5.74) is 3.04. The average Bonchev–Trinajstić information content (AvgIpc) is 3.40. The lowest BCUT2D eigenvalue weighted by Crippen LogP contribution is -2.44. The van der Waals surface area contributed by atoms with Crippen molar-refractivity contribution in [3.63, 3.8) is 0 Å². The van der Waals surface area contributed by atoms with E-state index in [9.17, 15) is 18.3 Å². The molecular formula is C25H29N3O5S. The van der Waals surface area contributed by atoms with Crippen LogP contribution in [0.25, 0.3) is 33.1 Å². The van der Waals surface area contributed by atoms with Crippen LogP contribution in [0.2, 0.25) is 0 Å². The molecule has 4 rings (SSSR count). The molecule has 2 aromatic heterocycles. The minimum atomic E-state index is -4.04. The molecule has 8 nitrogen and oxygen atoms in total. The van der Waals surface area contributed by atoms with Crippen molar-refractivity contribution in [2.75, 3.05) is 0 Å². The first-order chi connectivity index (χ1) is 16.1. The Bertz CT molecular complexity index is 1450. The van der Waals surface area contributed by atoms with Crippen LogP contribution < -0.4 is 4.72 Å². The van der Waals surface area contributed by atoms with Crippen LogP contribution in [0.3, 0.4) is 0 Å². The van der Waals surface area contributed by atoms with Crippen molar-refractivity contribution in [2.24, 2.45) is 11.8 Å². The number of carboxylic acids is 1. The minimum absolute atomic E-state index is 0.0440. The molecule has 0 aliphatic carbocycles. The molecule has 0 saturated carbocycles. The fourth-order valence-corrected chi connectivity index (χ4v) is 5.22. The third-order valence-electron chi connectivity index (χ3n) is 6.13. The Morgan fingerprint density at radius 3 is 2.53 bits per heavy atom. The first-order valence-electron chi connectivity index (χ1n) is 11.3. The van der Waals surface area contributed by atoms with Gasteiger partial charge < -0.3 is 9.52 Å². The van der Waals surface area contributed by atoms with Crippen LogP contribution in [-0.2, 0) is 21.4 Å². The van der Waals surface area contributed by atoms with Crippen LogP contribution in [0.5, 0.6) is 0 Å². The summed E-state index contributed by atoms with van der Waals surface area (Å²) < 4.78 is 35.8. The number of carboxylic acid groups (broad SMARTS) is 1. The van der Waals surface area contributed by atoms with Gasteiger partial charge in [-0.15, -0.1) is 0 Å². The lowest BCUT2D eigenvalue weighted by Gasteiger charge is -2.17. The summed E-state index contributed by atoms with van der Waals surface area (Å²) in [5.74, 6) is -1.09. The average molecular weight is 484 g/mol. The van der Waals surface area contributed by atoms with Gasteiger partial charge in [0.05, 0.1) is 11.1 Å². The molecule has 0 radical (unpaired) electrons. The summed E-state index contributed by atoms with van der Waals surface area (Å²) >= 11 is 0. The standard InChI is InChI=1S/C25H29N3O5S/c1-5-16(4)13-28-14-18(12-26-28)17-6-9-22-21(10-17)20-8-7-19(11-23(20)33-22)34(31,32)27-24(15(2)3)25(29)30/h6-12,14-16,24,27H,5,13H2,1-4H3,(H,29,30)/t16?,24-/m0/s1. The molecule has 0 aliphatic heterocycles. The van der Waals surface area contributed by atoms with E-state index in [1.165, 1.54) is 12.1 Å². The number of carbonyl (C=O) groups is 1. The van der Waals surface area contributed by atoms with E-state index in [-0.39, 0.29) is 4.90 Å². The van der Waals surface area contributed by atoms with Crippen LogP contribution in [0.1, 0.15) is 34.1 Å². The number of furan rings is 1. The van der Waals surface area contributed by atoms with Gasteiger partial charge in [0.15, 0.2) is 0 Å². The minimum Gasteiger partial charge on any atom is -0.480 e. The summed E-state index contributed by atoms with van der Waals surface area (Å²) in [6, 6.07) is 9.20. The molecule has 1 unspecified atom stereocenters. The van der Waals surface area contributed by atoms with E-state index in [2.05, 4.69) is 23.7 Å². The predicted octanol–water partition coefficient (Wildman–Crippen LogP) is 4.88. The highest BCUT2D eigenvalue weighted by atomic mass is 32.2. The van der Waals surface area contributed by atoms with Gasteiger partial charge in [0.1, 0.15) is 17.2 Å². The lowest BCUT2D eigenvalue weighted by molar-refractivity contribution is -0.140. The molecule has 0 spiro atoms. The molecule has 0 amide bonds. The van der Waals surface area contributed by atoms with Gasteiger partial charge in [0.25, 0.3) is 0 Å². The highest BCUT2D eigenvalue weighted by Crippen LogP contribution is 2.33. The number of aliphatic carboxylic acids is 1. The van der Waals surface area contributed by atoms with E-state index in [4.69, 9.17) is 4.42 Å². The van der Waals surface area contributed by atoms with Crippen molar-refractivity contribution < 1.29 is 22.7 Å². The van der Waals surface area contributed by atoms with E-state index in [0.29, 0.717) is 17.1 Å². The second-order valence-corrected chi connectivity index (χ2v) is 10.8. The number of benzene rings is 2. The van der Waals surface area contributed by atoms with Crippen LogP contribution >= 0.6 is 0 Å². The molecule has 9 heteroatoms. The van der Waals surface area contributed by atoms with Crippen molar-refractivity contribution in [1.29, 1.82) is 0 Å². The topological polar surface area (TPSA) is 114 Å². The first-order valence-corrected chi connectivity index (χ1v) is 12.8. The van der Waals surface area contributed by atoms with Gasteiger partial charge >= 0.3 is 5.97 Å². The highest BCUT2D eigenvalue weighted by molar-refractivity contribution is 7.89. The molecule has 2 atom stereocenters. The summed E-state index contributed by atoms with van der Waals surface area (Å²) in [6.07, 6.45) is 4.96. The third-order valence-corrected chi connectivity index (χ3v) is 7.57. The number of sulfonamides is 1. The number of nitrogens with zero attached hydrogens (tertiary/aromatic N) is 2. The van der Waals surface area contributed by atoms with Gasteiger partial charge in [-0.05, 0) is 41.7 Å². The fourth-order valence-electron chi connectivity index (χ4n) is 3.87. The first kappa shape index (κ1) is 24.0. The summed E-state index contributed by atoms with van der Waals surface area (Å²) in [6.45, 7) is 8.51. The number of hydrogen-bond donors (Lipinski definition) is 2. The van der Waals surface area contributed by atoms with E-state index >= 15 is 0 Å². The monoisotopic (exact) mass is 483 g/mol. The Morgan fingerprint density at radius 1 is 1.09 bits per heavy atom. The van der Waals surface area contributed by atoms with E-state index in [0.717, 1.165) is 34.9 Å². The SMILES string of the molecule is CCC(C)Cn1cc(-c2ccc3oc4cc(S(=O)(=O)N[C@H](C(=O)O)C(C)C)ccc4c3c2)cn1. The number of rotatable bonds is 9. The van der Waals surface area contributed by atoms with Crippen LogP contribution in [0.15, 0.2) is 58.1 Å². The molecular weight excluding hydrogens is 454 g/mol. The lowest BCUT2D eigenvalue weighted by atomic mass is 10.1. The van der Waals surface area contributed by atoms with Crippen LogP contribution in [0.4, 0.5) is 0 Å². The normalized spacial score (nSPS) is 14.1. The van der Waals surface area contributed by atoms with Gasteiger partial charge in [0, 0.05) is 35.1 Å². The van der Waals surface area contributed by atoms with E-state index in [1.807, 2.05) is 35.3 Å². The molecule has 34 heavy (non-hydrogen) atoms.